The van der Waals surface area contributed by atoms with Crippen LogP contribution in [-0.4, -0.2) is 49.8 Å². The number of tetrazole rings is 1. The van der Waals surface area contributed by atoms with Gasteiger partial charge in [-0.2, -0.15) is 4.80 Å². The molecule has 0 aliphatic carbocycles. The van der Waals surface area contributed by atoms with Crippen LogP contribution in [0.1, 0.15) is 0 Å². The fourth-order valence-corrected chi connectivity index (χ4v) is 1.96. The van der Waals surface area contributed by atoms with E-state index in [0.717, 1.165) is 9.67 Å². The second-order valence-electron chi connectivity index (χ2n) is 3.84. The second-order valence-corrected chi connectivity index (χ2v) is 4.79. The van der Waals surface area contributed by atoms with Gasteiger partial charge in [-0.1, -0.05) is 6.07 Å². The Labute approximate surface area is 117 Å². The summed E-state index contributed by atoms with van der Waals surface area (Å²) in [5, 5.41) is 25.0. The number of nitrogens with one attached hydrogen (secondary N) is 1. The Morgan fingerprint density at radius 1 is 1.55 bits per heavy atom. The minimum absolute atomic E-state index is 0.163. The standard InChI is InChI=1S/C10H12N6O3S/c11-9(19)6(17)4-12-8(18)5-16-14-10(13-15-16)7-2-1-3-20-7/h1-3,6,17H,4-5H2,(H2,11,19)(H,12,18). The summed E-state index contributed by atoms with van der Waals surface area (Å²) >= 11 is 1.46. The maximum absolute atomic E-state index is 11.5. The van der Waals surface area contributed by atoms with E-state index >= 15 is 0 Å². The first-order valence-electron chi connectivity index (χ1n) is 5.62. The molecule has 2 aromatic heterocycles. The lowest BCUT2D eigenvalue weighted by Crippen LogP contribution is -2.41. The molecule has 0 aliphatic rings. The fourth-order valence-electron chi connectivity index (χ4n) is 1.31. The van der Waals surface area contributed by atoms with Crippen LogP contribution in [0.3, 0.4) is 0 Å². The first-order chi connectivity index (χ1) is 9.56. The summed E-state index contributed by atoms with van der Waals surface area (Å²) < 4.78 is 0. The number of thiophene rings is 1. The van der Waals surface area contributed by atoms with E-state index in [1.807, 2.05) is 17.5 Å². The number of aliphatic hydroxyl groups excluding tert-OH is 1. The molecule has 0 bridgehead atoms. The van der Waals surface area contributed by atoms with Crippen molar-refractivity contribution < 1.29 is 14.7 Å². The molecule has 2 aromatic rings. The number of carbonyl (C=O) groups excluding carboxylic acids is 2. The summed E-state index contributed by atoms with van der Waals surface area (Å²) in [4.78, 5) is 24.1. The number of aromatic nitrogens is 4. The molecule has 2 rings (SSSR count). The van der Waals surface area contributed by atoms with Crippen molar-refractivity contribution in [2.45, 2.75) is 12.6 Å². The van der Waals surface area contributed by atoms with Gasteiger partial charge in [0.05, 0.1) is 11.4 Å². The largest absolute Gasteiger partial charge is 0.381 e. The smallest absolute Gasteiger partial charge is 0.248 e. The highest BCUT2D eigenvalue weighted by atomic mass is 32.1. The highest BCUT2D eigenvalue weighted by Gasteiger charge is 2.13. The molecule has 0 saturated carbocycles. The van der Waals surface area contributed by atoms with Crippen LogP contribution in [0.5, 0.6) is 0 Å². The van der Waals surface area contributed by atoms with E-state index in [4.69, 9.17) is 10.8 Å². The number of aliphatic hydroxyl groups is 1. The highest BCUT2D eigenvalue weighted by Crippen LogP contribution is 2.19. The molecule has 0 fully saturated rings. The second kappa shape index (κ2) is 6.21. The predicted octanol–water partition coefficient (Wildman–Crippen LogP) is -1.64. The van der Waals surface area contributed by atoms with E-state index in [1.165, 1.54) is 11.3 Å². The lowest BCUT2D eigenvalue weighted by Gasteiger charge is -2.07. The molecule has 0 saturated heterocycles. The Balaban J connectivity index is 1.87. The minimum Gasteiger partial charge on any atom is -0.381 e. The summed E-state index contributed by atoms with van der Waals surface area (Å²) in [7, 11) is 0. The van der Waals surface area contributed by atoms with Gasteiger partial charge in [0.25, 0.3) is 0 Å². The average molecular weight is 296 g/mol. The van der Waals surface area contributed by atoms with Crippen molar-refractivity contribution >= 4 is 23.2 Å². The first-order valence-corrected chi connectivity index (χ1v) is 6.50. The van der Waals surface area contributed by atoms with E-state index in [9.17, 15) is 9.59 Å². The fraction of sp³-hybridized carbons (Fsp3) is 0.300. The molecule has 0 aliphatic heterocycles. The third kappa shape index (κ3) is 3.59. The Morgan fingerprint density at radius 3 is 3.00 bits per heavy atom. The molecule has 0 spiro atoms. The Bertz CT molecular complexity index is 596. The number of primary amides is 1. The predicted molar refractivity (Wildman–Crippen MR) is 69.3 cm³/mol. The Hall–Kier alpha value is -2.33. The topological polar surface area (TPSA) is 136 Å². The van der Waals surface area contributed by atoms with Crippen LogP contribution in [0, 0.1) is 0 Å². The van der Waals surface area contributed by atoms with Gasteiger partial charge in [0, 0.05) is 0 Å². The van der Waals surface area contributed by atoms with Gasteiger partial charge >= 0.3 is 0 Å². The SMILES string of the molecule is NC(=O)C(O)CNC(=O)Cn1nnc(-c2cccs2)n1. The number of amides is 2. The summed E-state index contributed by atoms with van der Waals surface area (Å²) in [5.74, 6) is -0.922. The maximum Gasteiger partial charge on any atom is 0.248 e. The maximum atomic E-state index is 11.5. The molecule has 9 nitrogen and oxygen atoms in total. The molecule has 10 heteroatoms. The number of hydrogen-bond donors (Lipinski definition) is 3. The highest BCUT2D eigenvalue weighted by molar-refractivity contribution is 7.13. The monoisotopic (exact) mass is 296 g/mol. The average Bonchev–Trinajstić information content (AvgIpc) is 3.05. The third-order valence-corrected chi connectivity index (χ3v) is 3.17. The van der Waals surface area contributed by atoms with Gasteiger partial charge in [0.2, 0.25) is 17.6 Å². The van der Waals surface area contributed by atoms with Gasteiger partial charge in [0.15, 0.2) is 0 Å². The summed E-state index contributed by atoms with van der Waals surface area (Å²) in [6.07, 6.45) is -1.41. The molecule has 1 atom stereocenters. The van der Waals surface area contributed by atoms with Crippen molar-refractivity contribution in [3.05, 3.63) is 17.5 Å². The van der Waals surface area contributed by atoms with E-state index in [2.05, 4.69) is 20.7 Å². The van der Waals surface area contributed by atoms with Crippen LogP contribution in [-0.2, 0) is 16.1 Å². The number of carbonyl (C=O) groups is 2. The van der Waals surface area contributed by atoms with Crippen molar-refractivity contribution in [2.75, 3.05) is 6.54 Å². The number of hydrogen-bond acceptors (Lipinski definition) is 7. The Kier molecular flexibility index (Phi) is 4.38. The number of rotatable bonds is 6. The number of nitrogens with two attached hydrogens (primary N) is 1. The van der Waals surface area contributed by atoms with Gasteiger partial charge < -0.3 is 16.2 Å². The van der Waals surface area contributed by atoms with Crippen LogP contribution < -0.4 is 11.1 Å². The quantitative estimate of drug-likeness (QED) is 0.585. The summed E-state index contributed by atoms with van der Waals surface area (Å²) in [5.41, 5.74) is 4.85. The van der Waals surface area contributed by atoms with Crippen molar-refractivity contribution in [3.8, 4) is 10.7 Å². The molecule has 2 heterocycles. The van der Waals surface area contributed by atoms with Crippen LogP contribution in [0.4, 0.5) is 0 Å². The lowest BCUT2D eigenvalue weighted by molar-refractivity contribution is -0.127. The molecule has 0 radical (unpaired) electrons. The minimum atomic E-state index is -1.41. The Morgan fingerprint density at radius 2 is 2.35 bits per heavy atom. The van der Waals surface area contributed by atoms with E-state index < -0.39 is 17.9 Å². The molecule has 106 valence electrons. The van der Waals surface area contributed by atoms with Crippen molar-refractivity contribution in [1.82, 2.24) is 25.5 Å². The zero-order valence-corrected chi connectivity index (χ0v) is 11.1. The normalized spacial score (nSPS) is 12.1. The van der Waals surface area contributed by atoms with Crippen molar-refractivity contribution in [3.63, 3.8) is 0 Å². The summed E-state index contributed by atoms with van der Waals surface area (Å²) in [6, 6.07) is 3.70. The number of nitrogens with zero attached hydrogens (tertiary/aromatic N) is 4. The zero-order chi connectivity index (χ0) is 14.5. The molecule has 1 unspecified atom stereocenters. The van der Waals surface area contributed by atoms with Crippen LogP contribution >= 0.6 is 11.3 Å². The van der Waals surface area contributed by atoms with Crippen LogP contribution in [0.15, 0.2) is 17.5 Å². The van der Waals surface area contributed by atoms with Crippen molar-refractivity contribution in [2.24, 2.45) is 5.73 Å². The van der Waals surface area contributed by atoms with Crippen LogP contribution in [0.2, 0.25) is 0 Å². The summed E-state index contributed by atoms with van der Waals surface area (Å²) in [6.45, 7) is -0.412. The molecule has 0 aromatic carbocycles. The molecule has 2 amide bonds. The van der Waals surface area contributed by atoms with E-state index in [1.54, 1.807) is 0 Å². The van der Waals surface area contributed by atoms with Gasteiger partial charge in [-0.15, -0.1) is 21.5 Å². The van der Waals surface area contributed by atoms with Gasteiger partial charge in [-0.3, -0.25) is 9.59 Å². The molecule has 4 N–H and O–H groups in total. The van der Waals surface area contributed by atoms with E-state index in [-0.39, 0.29) is 13.1 Å². The zero-order valence-electron chi connectivity index (χ0n) is 10.3. The third-order valence-electron chi connectivity index (χ3n) is 2.30. The molecule has 20 heavy (non-hydrogen) atoms. The van der Waals surface area contributed by atoms with Gasteiger partial charge in [0.1, 0.15) is 12.6 Å². The van der Waals surface area contributed by atoms with Gasteiger partial charge in [-0.25, -0.2) is 0 Å². The van der Waals surface area contributed by atoms with Crippen LogP contribution in [0.25, 0.3) is 10.7 Å². The van der Waals surface area contributed by atoms with E-state index in [0.29, 0.717) is 5.82 Å². The lowest BCUT2D eigenvalue weighted by atomic mass is 10.3. The molecular formula is C10H12N6O3S. The first kappa shape index (κ1) is 14.1. The molecular weight excluding hydrogens is 284 g/mol. The van der Waals surface area contributed by atoms with Crippen molar-refractivity contribution in [1.29, 1.82) is 0 Å². The van der Waals surface area contributed by atoms with Gasteiger partial charge in [-0.05, 0) is 16.7 Å².